The van der Waals surface area contributed by atoms with Crippen LogP contribution in [0.5, 0.6) is 0 Å². The standard InChI is InChI=1S/C11H12ClN3/c1-2-15-11(5-6-14-15)9-4-3-8(12)7-10(9)13/h3-7H,2,13H2,1H3. The van der Waals surface area contributed by atoms with Crippen molar-refractivity contribution in [2.45, 2.75) is 13.5 Å². The van der Waals surface area contributed by atoms with E-state index in [1.165, 1.54) is 0 Å². The van der Waals surface area contributed by atoms with Crippen molar-refractivity contribution in [3.63, 3.8) is 0 Å². The van der Waals surface area contributed by atoms with Gasteiger partial charge in [0.1, 0.15) is 0 Å². The van der Waals surface area contributed by atoms with Crippen LogP contribution in [0.15, 0.2) is 30.5 Å². The summed E-state index contributed by atoms with van der Waals surface area (Å²) in [6, 6.07) is 7.45. The molecule has 2 aromatic rings. The van der Waals surface area contributed by atoms with Crippen molar-refractivity contribution in [1.82, 2.24) is 9.78 Å². The average molecular weight is 222 g/mol. The highest BCUT2D eigenvalue weighted by molar-refractivity contribution is 6.31. The number of nitrogen functional groups attached to an aromatic ring is 1. The van der Waals surface area contributed by atoms with Crippen LogP contribution in [0.4, 0.5) is 5.69 Å². The zero-order valence-electron chi connectivity index (χ0n) is 8.44. The van der Waals surface area contributed by atoms with Gasteiger partial charge in [0.25, 0.3) is 0 Å². The van der Waals surface area contributed by atoms with E-state index in [1.54, 1.807) is 12.3 Å². The highest BCUT2D eigenvalue weighted by Crippen LogP contribution is 2.27. The zero-order valence-corrected chi connectivity index (χ0v) is 9.20. The van der Waals surface area contributed by atoms with Crippen molar-refractivity contribution in [2.75, 3.05) is 5.73 Å². The van der Waals surface area contributed by atoms with Gasteiger partial charge in [-0.15, -0.1) is 0 Å². The molecule has 0 aliphatic carbocycles. The van der Waals surface area contributed by atoms with Gasteiger partial charge in [0.05, 0.1) is 5.69 Å². The first-order chi connectivity index (χ1) is 7.22. The van der Waals surface area contributed by atoms with Crippen molar-refractivity contribution in [3.8, 4) is 11.3 Å². The summed E-state index contributed by atoms with van der Waals surface area (Å²) in [4.78, 5) is 0. The molecule has 0 bridgehead atoms. The molecule has 0 saturated carbocycles. The molecule has 3 nitrogen and oxygen atoms in total. The van der Waals surface area contributed by atoms with Gasteiger partial charge >= 0.3 is 0 Å². The lowest BCUT2D eigenvalue weighted by molar-refractivity contribution is 0.667. The number of rotatable bonds is 2. The van der Waals surface area contributed by atoms with Crippen molar-refractivity contribution >= 4 is 17.3 Å². The predicted molar refractivity (Wildman–Crippen MR) is 62.8 cm³/mol. The van der Waals surface area contributed by atoms with E-state index in [4.69, 9.17) is 17.3 Å². The molecular weight excluding hydrogens is 210 g/mol. The maximum Gasteiger partial charge on any atom is 0.0702 e. The van der Waals surface area contributed by atoms with Crippen LogP contribution in [-0.4, -0.2) is 9.78 Å². The lowest BCUT2D eigenvalue weighted by Gasteiger charge is -2.07. The van der Waals surface area contributed by atoms with Gasteiger partial charge in [-0.2, -0.15) is 5.10 Å². The Hall–Kier alpha value is -1.48. The Kier molecular flexibility index (Phi) is 2.64. The lowest BCUT2D eigenvalue weighted by Crippen LogP contribution is -2.00. The summed E-state index contributed by atoms with van der Waals surface area (Å²) in [5.41, 5.74) is 8.58. The molecule has 0 spiro atoms. The molecule has 2 N–H and O–H groups in total. The van der Waals surface area contributed by atoms with E-state index in [-0.39, 0.29) is 0 Å². The average Bonchev–Trinajstić information content (AvgIpc) is 2.65. The first kappa shape index (κ1) is 10.1. The molecule has 0 fully saturated rings. The fourth-order valence-electron chi connectivity index (χ4n) is 1.58. The molecule has 0 saturated heterocycles. The number of hydrogen-bond acceptors (Lipinski definition) is 2. The van der Waals surface area contributed by atoms with Crippen molar-refractivity contribution in [1.29, 1.82) is 0 Å². The number of aromatic nitrogens is 2. The van der Waals surface area contributed by atoms with E-state index in [0.29, 0.717) is 10.7 Å². The van der Waals surface area contributed by atoms with Gasteiger partial charge in [-0.05, 0) is 31.2 Å². The molecule has 78 valence electrons. The van der Waals surface area contributed by atoms with Gasteiger partial charge in [0, 0.05) is 29.0 Å². The minimum atomic E-state index is 0.652. The third kappa shape index (κ3) is 1.83. The summed E-state index contributed by atoms with van der Waals surface area (Å²) in [7, 11) is 0. The number of hydrogen-bond donors (Lipinski definition) is 1. The van der Waals surface area contributed by atoms with E-state index in [2.05, 4.69) is 5.10 Å². The van der Waals surface area contributed by atoms with Crippen LogP contribution in [0.2, 0.25) is 5.02 Å². The SMILES string of the molecule is CCn1nccc1-c1ccc(Cl)cc1N. The normalized spacial score (nSPS) is 10.5. The van der Waals surface area contributed by atoms with E-state index in [9.17, 15) is 0 Å². The van der Waals surface area contributed by atoms with Crippen LogP contribution in [0, 0.1) is 0 Å². The maximum absolute atomic E-state index is 5.91. The predicted octanol–water partition coefficient (Wildman–Crippen LogP) is 2.81. The Bertz CT molecular complexity index is 476. The molecule has 1 aromatic carbocycles. The first-order valence-corrected chi connectivity index (χ1v) is 5.17. The topological polar surface area (TPSA) is 43.8 Å². The van der Waals surface area contributed by atoms with Crippen LogP contribution < -0.4 is 5.73 Å². The molecule has 15 heavy (non-hydrogen) atoms. The molecular formula is C11H12ClN3. The van der Waals surface area contributed by atoms with E-state index in [1.807, 2.05) is 29.8 Å². The molecule has 1 heterocycles. The number of anilines is 1. The Morgan fingerprint density at radius 3 is 2.87 bits per heavy atom. The molecule has 4 heteroatoms. The van der Waals surface area contributed by atoms with Crippen molar-refractivity contribution < 1.29 is 0 Å². The second-order valence-corrected chi connectivity index (χ2v) is 3.70. The molecule has 2 rings (SSSR count). The molecule has 0 aliphatic heterocycles. The summed E-state index contributed by atoms with van der Waals surface area (Å²) >= 11 is 5.85. The monoisotopic (exact) mass is 221 g/mol. The summed E-state index contributed by atoms with van der Waals surface area (Å²) in [6.45, 7) is 2.87. The van der Waals surface area contributed by atoms with Gasteiger partial charge in [-0.3, -0.25) is 4.68 Å². The fraction of sp³-hybridized carbons (Fsp3) is 0.182. The lowest BCUT2D eigenvalue weighted by atomic mass is 10.1. The van der Waals surface area contributed by atoms with Gasteiger partial charge < -0.3 is 5.73 Å². The molecule has 1 aromatic heterocycles. The highest BCUT2D eigenvalue weighted by Gasteiger charge is 2.07. The number of benzene rings is 1. The second-order valence-electron chi connectivity index (χ2n) is 3.26. The van der Waals surface area contributed by atoms with Crippen LogP contribution in [0.25, 0.3) is 11.3 Å². The van der Waals surface area contributed by atoms with E-state index in [0.717, 1.165) is 17.8 Å². The Morgan fingerprint density at radius 1 is 1.40 bits per heavy atom. The molecule has 0 aliphatic rings. The molecule has 0 amide bonds. The zero-order chi connectivity index (χ0) is 10.8. The van der Waals surface area contributed by atoms with Crippen LogP contribution in [-0.2, 0) is 6.54 Å². The molecule has 0 radical (unpaired) electrons. The Labute approximate surface area is 93.5 Å². The number of aryl methyl sites for hydroxylation is 1. The van der Waals surface area contributed by atoms with Gasteiger partial charge in [-0.25, -0.2) is 0 Å². The van der Waals surface area contributed by atoms with Crippen molar-refractivity contribution in [3.05, 3.63) is 35.5 Å². The fourth-order valence-corrected chi connectivity index (χ4v) is 1.76. The summed E-state index contributed by atoms with van der Waals surface area (Å²) in [6.07, 6.45) is 1.77. The third-order valence-electron chi connectivity index (χ3n) is 2.31. The van der Waals surface area contributed by atoms with E-state index < -0.39 is 0 Å². The van der Waals surface area contributed by atoms with E-state index >= 15 is 0 Å². The maximum atomic E-state index is 5.91. The van der Waals surface area contributed by atoms with Gasteiger partial charge in [-0.1, -0.05) is 11.6 Å². The first-order valence-electron chi connectivity index (χ1n) is 4.79. The van der Waals surface area contributed by atoms with Gasteiger partial charge in [0.15, 0.2) is 0 Å². The number of nitrogens with two attached hydrogens (primary N) is 1. The smallest absolute Gasteiger partial charge is 0.0702 e. The molecule has 0 atom stereocenters. The third-order valence-corrected chi connectivity index (χ3v) is 2.54. The summed E-state index contributed by atoms with van der Waals surface area (Å²) in [5.74, 6) is 0. The number of nitrogens with zero attached hydrogens (tertiary/aromatic N) is 2. The quantitative estimate of drug-likeness (QED) is 0.793. The number of halogens is 1. The second kappa shape index (κ2) is 3.95. The van der Waals surface area contributed by atoms with Crippen LogP contribution in [0.3, 0.4) is 0 Å². The Balaban J connectivity index is 2.54. The highest BCUT2D eigenvalue weighted by atomic mass is 35.5. The minimum absolute atomic E-state index is 0.652. The van der Waals surface area contributed by atoms with Gasteiger partial charge in [0.2, 0.25) is 0 Å². The molecule has 0 unspecified atom stereocenters. The van der Waals surface area contributed by atoms with Crippen LogP contribution in [0.1, 0.15) is 6.92 Å². The Morgan fingerprint density at radius 2 is 2.20 bits per heavy atom. The van der Waals surface area contributed by atoms with Crippen LogP contribution >= 0.6 is 11.6 Å². The largest absolute Gasteiger partial charge is 0.398 e. The summed E-state index contributed by atoms with van der Waals surface area (Å²) < 4.78 is 1.90. The minimum Gasteiger partial charge on any atom is -0.398 e. The summed E-state index contributed by atoms with van der Waals surface area (Å²) in [5, 5.41) is 4.85. The van der Waals surface area contributed by atoms with Crippen molar-refractivity contribution in [2.24, 2.45) is 0 Å².